The minimum Gasteiger partial charge on any atom is -0.392 e. The monoisotopic (exact) mass is 224 g/mol. The first-order valence-electron chi connectivity index (χ1n) is 5.51. The fourth-order valence-corrected chi connectivity index (χ4v) is 2.23. The van der Waals surface area contributed by atoms with E-state index in [2.05, 4.69) is 13.0 Å². The van der Waals surface area contributed by atoms with E-state index in [0.29, 0.717) is 11.8 Å². The normalized spacial score (nSPS) is 26.4. The van der Waals surface area contributed by atoms with Crippen molar-refractivity contribution >= 4 is 11.6 Å². The Bertz CT molecular complexity index is 362. The molecule has 0 aliphatic heterocycles. The molecule has 1 fully saturated rings. The van der Waals surface area contributed by atoms with Crippen LogP contribution >= 0.6 is 11.6 Å². The summed E-state index contributed by atoms with van der Waals surface area (Å²) in [6.45, 7) is 4.19. The molecule has 3 unspecified atom stereocenters. The first-order chi connectivity index (χ1) is 7.08. The highest BCUT2D eigenvalue weighted by atomic mass is 35.5. The van der Waals surface area contributed by atoms with Gasteiger partial charge in [0.25, 0.3) is 0 Å². The van der Waals surface area contributed by atoms with Crippen LogP contribution in [0.4, 0.5) is 0 Å². The molecule has 3 atom stereocenters. The summed E-state index contributed by atoms with van der Waals surface area (Å²) in [5.74, 6) is 1.22. The number of aliphatic hydroxyl groups excluding tert-OH is 1. The maximum Gasteiger partial charge on any atom is 0.0611 e. The summed E-state index contributed by atoms with van der Waals surface area (Å²) in [6.07, 6.45) is 1.75. The van der Waals surface area contributed by atoms with Crippen LogP contribution in [-0.4, -0.2) is 11.2 Å². The zero-order valence-corrected chi connectivity index (χ0v) is 9.96. The number of hydrogen-bond donors (Lipinski definition) is 1. The molecule has 2 rings (SSSR count). The molecule has 15 heavy (non-hydrogen) atoms. The zero-order valence-electron chi connectivity index (χ0n) is 9.20. The second kappa shape index (κ2) is 4.15. The number of aryl methyl sites for hydroxylation is 1. The Morgan fingerprint density at radius 2 is 2.20 bits per heavy atom. The molecule has 0 aromatic heterocycles. The molecule has 1 aliphatic rings. The molecule has 1 aliphatic carbocycles. The number of aliphatic hydroxyl groups is 1. The fourth-order valence-electron chi connectivity index (χ4n) is 2.11. The Morgan fingerprint density at radius 3 is 2.73 bits per heavy atom. The van der Waals surface area contributed by atoms with Crippen LogP contribution in [0.5, 0.6) is 0 Å². The van der Waals surface area contributed by atoms with Crippen LogP contribution in [0.1, 0.15) is 24.5 Å². The van der Waals surface area contributed by atoms with Crippen LogP contribution in [0.3, 0.4) is 0 Å². The van der Waals surface area contributed by atoms with Crippen LogP contribution in [0.25, 0.3) is 0 Å². The van der Waals surface area contributed by atoms with Crippen molar-refractivity contribution in [2.45, 2.75) is 32.8 Å². The van der Waals surface area contributed by atoms with Crippen molar-refractivity contribution in [3.63, 3.8) is 0 Å². The highest BCUT2D eigenvalue weighted by Gasteiger charge is 2.38. The van der Waals surface area contributed by atoms with Gasteiger partial charge < -0.3 is 5.11 Å². The number of halogens is 1. The standard InChI is InChI=1S/C13H17ClO/c1-8-6-11(8)13(15)7-10-3-4-12(14)9(2)5-10/h3-5,8,11,13,15H,6-7H2,1-2H3. The molecular weight excluding hydrogens is 208 g/mol. The summed E-state index contributed by atoms with van der Waals surface area (Å²) in [5.41, 5.74) is 2.27. The third-order valence-electron chi connectivity index (χ3n) is 3.33. The lowest BCUT2D eigenvalue weighted by atomic mass is 10.0. The van der Waals surface area contributed by atoms with Gasteiger partial charge in [0.1, 0.15) is 0 Å². The van der Waals surface area contributed by atoms with E-state index in [1.54, 1.807) is 0 Å². The summed E-state index contributed by atoms with van der Waals surface area (Å²) in [4.78, 5) is 0. The van der Waals surface area contributed by atoms with E-state index in [4.69, 9.17) is 11.6 Å². The number of benzene rings is 1. The molecule has 82 valence electrons. The molecule has 0 amide bonds. The molecule has 0 spiro atoms. The first kappa shape index (κ1) is 11.0. The van der Waals surface area contributed by atoms with E-state index in [9.17, 15) is 5.11 Å². The van der Waals surface area contributed by atoms with E-state index in [-0.39, 0.29) is 6.10 Å². The van der Waals surface area contributed by atoms with Gasteiger partial charge in [-0.25, -0.2) is 0 Å². The van der Waals surface area contributed by atoms with Crippen LogP contribution < -0.4 is 0 Å². The Labute approximate surface area is 96.1 Å². The van der Waals surface area contributed by atoms with Gasteiger partial charge in [-0.3, -0.25) is 0 Å². The Morgan fingerprint density at radius 1 is 1.53 bits per heavy atom. The lowest BCUT2D eigenvalue weighted by Gasteiger charge is -2.10. The largest absolute Gasteiger partial charge is 0.392 e. The first-order valence-corrected chi connectivity index (χ1v) is 5.89. The molecule has 0 saturated heterocycles. The summed E-state index contributed by atoms with van der Waals surface area (Å²) in [7, 11) is 0. The molecule has 0 radical (unpaired) electrons. The second-order valence-corrected chi connectivity index (χ2v) is 5.14. The zero-order chi connectivity index (χ0) is 11.0. The van der Waals surface area contributed by atoms with Gasteiger partial charge in [-0.05, 0) is 48.8 Å². The molecular formula is C13H17ClO. The number of rotatable bonds is 3. The van der Waals surface area contributed by atoms with E-state index >= 15 is 0 Å². The van der Waals surface area contributed by atoms with Gasteiger partial charge >= 0.3 is 0 Å². The smallest absolute Gasteiger partial charge is 0.0611 e. The molecule has 0 bridgehead atoms. The van der Waals surface area contributed by atoms with Crippen molar-refractivity contribution < 1.29 is 5.11 Å². The van der Waals surface area contributed by atoms with Gasteiger partial charge in [0, 0.05) is 5.02 Å². The molecule has 1 saturated carbocycles. The van der Waals surface area contributed by atoms with Crippen molar-refractivity contribution in [1.29, 1.82) is 0 Å². The van der Waals surface area contributed by atoms with E-state index in [1.807, 2.05) is 19.1 Å². The Hall–Kier alpha value is -0.530. The molecule has 0 heterocycles. The minimum atomic E-state index is -0.180. The van der Waals surface area contributed by atoms with E-state index in [1.165, 1.54) is 12.0 Å². The van der Waals surface area contributed by atoms with Crippen molar-refractivity contribution in [2.24, 2.45) is 11.8 Å². The summed E-state index contributed by atoms with van der Waals surface area (Å²) in [6, 6.07) is 5.99. The summed E-state index contributed by atoms with van der Waals surface area (Å²) < 4.78 is 0. The van der Waals surface area contributed by atoms with Gasteiger partial charge in [-0.15, -0.1) is 0 Å². The lowest BCUT2D eigenvalue weighted by Crippen LogP contribution is -2.13. The summed E-state index contributed by atoms with van der Waals surface area (Å²) in [5, 5.41) is 10.7. The molecule has 1 aromatic carbocycles. The average molecular weight is 225 g/mol. The quantitative estimate of drug-likeness (QED) is 0.836. The van der Waals surface area contributed by atoms with Gasteiger partial charge in [0.05, 0.1) is 6.10 Å². The van der Waals surface area contributed by atoms with Crippen molar-refractivity contribution in [3.8, 4) is 0 Å². The Balaban J connectivity index is 2.01. The van der Waals surface area contributed by atoms with Gasteiger partial charge in [0.2, 0.25) is 0 Å². The van der Waals surface area contributed by atoms with Crippen molar-refractivity contribution in [2.75, 3.05) is 0 Å². The summed E-state index contributed by atoms with van der Waals surface area (Å²) >= 11 is 5.95. The van der Waals surface area contributed by atoms with Gasteiger partial charge in [-0.2, -0.15) is 0 Å². The topological polar surface area (TPSA) is 20.2 Å². The van der Waals surface area contributed by atoms with Crippen molar-refractivity contribution in [3.05, 3.63) is 34.3 Å². The van der Waals surface area contributed by atoms with Crippen molar-refractivity contribution in [1.82, 2.24) is 0 Å². The lowest BCUT2D eigenvalue weighted by molar-refractivity contribution is 0.146. The predicted octanol–water partition coefficient (Wildman–Crippen LogP) is 3.21. The van der Waals surface area contributed by atoms with E-state index < -0.39 is 0 Å². The molecule has 1 N–H and O–H groups in total. The Kier molecular flexibility index (Phi) is 3.03. The van der Waals surface area contributed by atoms with Crippen LogP contribution in [0.15, 0.2) is 18.2 Å². The van der Waals surface area contributed by atoms with Crippen LogP contribution in [-0.2, 0) is 6.42 Å². The number of hydrogen-bond acceptors (Lipinski definition) is 1. The predicted molar refractivity (Wildman–Crippen MR) is 63.2 cm³/mol. The fraction of sp³-hybridized carbons (Fsp3) is 0.538. The molecule has 1 nitrogen and oxygen atoms in total. The van der Waals surface area contributed by atoms with Gasteiger partial charge in [0.15, 0.2) is 0 Å². The third kappa shape index (κ3) is 2.53. The van der Waals surface area contributed by atoms with E-state index in [0.717, 1.165) is 17.0 Å². The van der Waals surface area contributed by atoms with Crippen LogP contribution in [0, 0.1) is 18.8 Å². The van der Waals surface area contributed by atoms with Gasteiger partial charge in [-0.1, -0.05) is 30.7 Å². The highest BCUT2D eigenvalue weighted by Crippen LogP contribution is 2.41. The maximum absolute atomic E-state index is 9.94. The third-order valence-corrected chi connectivity index (χ3v) is 3.76. The second-order valence-electron chi connectivity index (χ2n) is 4.73. The SMILES string of the molecule is Cc1cc(CC(O)C2CC2C)ccc1Cl. The minimum absolute atomic E-state index is 0.180. The average Bonchev–Trinajstić information content (AvgIpc) is 2.89. The van der Waals surface area contributed by atoms with Crippen LogP contribution in [0.2, 0.25) is 5.02 Å². The maximum atomic E-state index is 9.94. The highest BCUT2D eigenvalue weighted by molar-refractivity contribution is 6.31. The molecule has 2 heteroatoms. The molecule has 1 aromatic rings.